The summed E-state index contributed by atoms with van der Waals surface area (Å²) in [5.41, 5.74) is 1.08. The van der Waals surface area contributed by atoms with Gasteiger partial charge in [0.25, 0.3) is 0 Å². The van der Waals surface area contributed by atoms with Crippen LogP contribution in [0.1, 0.15) is 16.7 Å². The zero-order valence-electron chi connectivity index (χ0n) is 11.3. The number of aliphatic hydroxyl groups is 1. The Bertz CT molecular complexity index is 641. The number of hydrogen-bond donors (Lipinski definition) is 3. The molecule has 2 aromatic rings. The van der Waals surface area contributed by atoms with E-state index in [1.807, 2.05) is 24.3 Å². The van der Waals surface area contributed by atoms with Crippen LogP contribution in [0.3, 0.4) is 0 Å². The van der Waals surface area contributed by atoms with Crippen LogP contribution >= 0.6 is 0 Å². The third-order valence-corrected chi connectivity index (χ3v) is 3.71. The van der Waals surface area contributed by atoms with Gasteiger partial charge in [-0.1, -0.05) is 36.4 Å². The molecule has 0 saturated carbocycles. The molecule has 4 nitrogen and oxygen atoms in total. The van der Waals surface area contributed by atoms with Crippen LogP contribution in [0.4, 0.5) is 0 Å². The molecule has 0 amide bonds. The van der Waals surface area contributed by atoms with E-state index in [4.69, 9.17) is 4.74 Å². The van der Waals surface area contributed by atoms with Crippen LogP contribution in [0, 0.1) is 0 Å². The molecule has 0 spiro atoms. The van der Waals surface area contributed by atoms with Gasteiger partial charge in [-0.3, -0.25) is 0 Å². The predicted molar refractivity (Wildman–Crippen MR) is 75.8 cm³/mol. The number of ether oxygens (including phenoxy) is 1. The molecule has 1 unspecified atom stereocenters. The third kappa shape index (κ3) is 1.85. The van der Waals surface area contributed by atoms with Gasteiger partial charge in [0, 0.05) is 12.1 Å². The Morgan fingerprint density at radius 2 is 1.90 bits per heavy atom. The van der Waals surface area contributed by atoms with Crippen molar-refractivity contribution >= 4 is 0 Å². The molecule has 3 rings (SSSR count). The second kappa shape index (κ2) is 4.81. The van der Waals surface area contributed by atoms with E-state index in [0.29, 0.717) is 24.5 Å². The minimum atomic E-state index is -1.23. The maximum Gasteiger partial charge on any atom is 0.167 e. The lowest BCUT2D eigenvalue weighted by Crippen LogP contribution is -2.38. The van der Waals surface area contributed by atoms with Crippen LogP contribution < -0.4 is 10.1 Å². The van der Waals surface area contributed by atoms with Gasteiger partial charge in [-0.25, -0.2) is 0 Å². The number of likely N-dealkylation sites (N-methyl/N-ethyl adjacent to an activating group) is 1. The highest BCUT2D eigenvalue weighted by molar-refractivity contribution is 5.55. The number of hydrogen-bond acceptors (Lipinski definition) is 4. The van der Waals surface area contributed by atoms with E-state index in [9.17, 15) is 10.2 Å². The molecular weight excluding hydrogens is 254 g/mol. The summed E-state index contributed by atoms with van der Waals surface area (Å²) in [6.45, 7) is 0.663. The summed E-state index contributed by atoms with van der Waals surface area (Å²) in [5.74, 6) is 0.395. The van der Waals surface area contributed by atoms with E-state index in [1.54, 1.807) is 25.2 Å². The Balaban J connectivity index is 2.28. The zero-order valence-corrected chi connectivity index (χ0v) is 11.3. The molecule has 0 fully saturated rings. The minimum absolute atomic E-state index is 0.0461. The summed E-state index contributed by atoms with van der Waals surface area (Å²) in [6, 6.07) is 12.7. The average Bonchev–Trinajstić information content (AvgIpc) is 2.57. The van der Waals surface area contributed by atoms with Crippen LogP contribution in [0.15, 0.2) is 42.5 Å². The molecule has 0 saturated heterocycles. The first kappa shape index (κ1) is 13.0. The molecule has 3 N–H and O–H groups in total. The molecule has 0 aliphatic carbocycles. The highest BCUT2D eigenvalue weighted by Crippen LogP contribution is 2.43. The SMILES string of the molecule is CNCC1(O)c2ccccc2COc2c(O)cccc21. The molecule has 20 heavy (non-hydrogen) atoms. The molecule has 0 radical (unpaired) electrons. The number of nitrogens with one attached hydrogen (secondary N) is 1. The normalized spacial score (nSPS) is 20.5. The minimum Gasteiger partial charge on any atom is -0.504 e. The third-order valence-electron chi connectivity index (χ3n) is 3.71. The van der Waals surface area contributed by atoms with Crippen molar-refractivity contribution in [1.29, 1.82) is 0 Å². The lowest BCUT2D eigenvalue weighted by molar-refractivity contribution is 0.0812. The maximum atomic E-state index is 11.2. The number of aromatic hydroxyl groups is 1. The van der Waals surface area contributed by atoms with E-state index < -0.39 is 5.60 Å². The Hall–Kier alpha value is -2.04. The molecule has 1 heterocycles. The first-order valence-electron chi connectivity index (χ1n) is 6.57. The van der Waals surface area contributed by atoms with Gasteiger partial charge in [-0.15, -0.1) is 0 Å². The number of rotatable bonds is 2. The quantitative estimate of drug-likeness (QED) is 0.778. The monoisotopic (exact) mass is 271 g/mol. The number of para-hydroxylation sites is 1. The molecule has 2 aromatic carbocycles. The van der Waals surface area contributed by atoms with Crippen molar-refractivity contribution in [2.75, 3.05) is 13.6 Å². The van der Waals surface area contributed by atoms with Crippen molar-refractivity contribution in [1.82, 2.24) is 5.32 Å². The Morgan fingerprint density at radius 3 is 2.70 bits per heavy atom. The van der Waals surface area contributed by atoms with E-state index in [0.717, 1.165) is 11.1 Å². The van der Waals surface area contributed by atoms with Crippen molar-refractivity contribution in [3.8, 4) is 11.5 Å². The summed E-state index contributed by atoms with van der Waals surface area (Å²) >= 11 is 0. The summed E-state index contributed by atoms with van der Waals surface area (Å²) in [5, 5.41) is 24.3. The van der Waals surface area contributed by atoms with Crippen molar-refractivity contribution < 1.29 is 14.9 Å². The average molecular weight is 271 g/mol. The maximum absolute atomic E-state index is 11.2. The number of phenolic OH excluding ortho intramolecular Hbond substituents is 1. The van der Waals surface area contributed by atoms with Gasteiger partial charge < -0.3 is 20.3 Å². The van der Waals surface area contributed by atoms with Gasteiger partial charge in [0.1, 0.15) is 12.2 Å². The molecule has 104 valence electrons. The number of phenols is 1. The summed E-state index contributed by atoms with van der Waals surface area (Å²) in [4.78, 5) is 0. The van der Waals surface area contributed by atoms with Crippen LogP contribution in [-0.4, -0.2) is 23.8 Å². The van der Waals surface area contributed by atoms with Crippen molar-refractivity contribution in [2.45, 2.75) is 12.2 Å². The second-order valence-electron chi connectivity index (χ2n) is 4.99. The molecule has 1 atom stereocenters. The molecule has 1 aliphatic heterocycles. The topological polar surface area (TPSA) is 61.7 Å². The van der Waals surface area contributed by atoms with Gasteiger partial charge in [0.05, 0.1) is 0 Å². The summed E-state index contributed by atoms with van der Waals surface area (Å²) in [6.07, 6.45) is 0. The first-order valence-corrected chi connectivity index (χ1v) is 6.57. The number of benzene rings is 2. The lowest BCUT2D eigenvalue weighted by Gasteiger charge is -2.29. The largest absolute Gasteiger partial charge is 0.504 e. The highest BCUT2D eigenvalue weighted by Gasteiger charge is 2.38. The van der Waals surface area contributed by atoms with E-state index in [1.165, 1.54) is 0 Å². The Kier molecular flexibility index (Phi) is 3.12. The van der Waals surface area contributed by atoms with E-state index in [-0.39, 0.29) is 5.75 Å². The molecule has 1 aliphatic rings. The zero-order chi connectivity index (χ0) is 14.2. The Morgan fingerprint density at radius 1 is 1.15 bits per heavy atom. The Labute approximate surface area is 117 Å². The fourth-order valence-electron chi connectivity index (χ4n) is 2.79. The van der Waals surface area contributed by atoms with Gasteiger partial charge in [0.15, 0.2) is 11.5 Å². The summed E-state index contributed by atoms with van der Waals surface area (Å²) < 4.78 is 5.71. The number of fused-ring (bicyclic) bond motifs is 2. The summed E-state index contributed by atoms with van der Waals surface area (Å²) in [7, 11) is 1.79. The van der Waals surface area contributed by atoms with Gasteiger partial charge in [-0.2, -0.15) is 0 Å². The molecule has 0 aromatic heterocycles. The van der Waals surface area contributed by atoms with E-state index >= 15 is 0 Å². The standard InChI is InChI=1S/C16H17NO3/c1-17-10-16(19)12-6-3-2-5-11(12)9-20-15-13(16)7-4-8-14(15)18/h2-8,17-19H,9-10H2,1H3. The van der Waals surface area contributed by atoms with Crippen LogP contribution in [0.5, 0.6) is 11.5 Å². The van der Waals surface area contributed by atoms with Gasteiger partial charge >= 0.3 is 0 Å². The smallest absolute Gasteiger partial charge is 0.167 e. The van der Waals surface area contributed by atoms with Gasteiger partial charge in [-0.05, 0) is 24.2 Å². The van der Waals surface area contributed by atoms with E-state index in [2.05, 4.69) is 5.32 Å². The predicted octanol–water partition coefficient (Wildman–Crippen LogP) is 1.74. The molecule has 0 bridgehead atoms. The fourth-order valence-corrected chi connectivity index (χ4v) is 2.79. The van der Waals surface area contributed by atoms with Crippen LogP contribution in [-0.2, 0) is 12.2 Å². The van der Waals surface area contributed by atoms with Crippen LogP contribution in [0.25, 0.3) is 0 Å². The molecular formula is C16H17NO3. The van der Waals surface area contributed by atoms with Crippen molar-refractivity contribution in [3.05, 3.63) is 59.2 Å². The lowest BCUT2D eigenvalue weighted by atomic mass is 9.83. The fraction of sp³-hybridized carbons (Fsp3) is 0.250. The van der Waals surface area contributed by atoms with Crippen LogP contribution in [0.2, 0.25) is 0 Å². The van der Waals surface area contributed by atoms with Gasteiger partial charge in [0.2, 0.25) is 0 Å². The highest BCUT2D eigenvalue weighted by atomic mass is 16.5. The molecule has 4 heteroatoms. The first-order chi connectivity index (χ1) is 9.66. The van der Waals surface area contributed by atoms with Crippen molar-refractivity contribution in [2.24, 2.45) is 0 Å². The second-order valence-corrected chi connectivity index (χ2v) is 4.99. The van der Waals surface area contributed by atoms with Crippen molar-refractivity contribution in [3.63, 3.8) is 0 Å².